The predicted octanol–water partition coefficient (Wildman–Crippen LogP) is 1.88. The Morgan fingerprint density at radius 2 is 2.17 bits per heavy atom. The second-order valence-corrected chi connectivity index (χ2v) is 3.40. The molecule has 1 atom stereocenters. The van der Waals surface area contributed by atoms with Crippen molar-refractivity contribution in [1.29, 1.82) is 5.26 Å². The van der Waals surface area contributed by atoms with Gasteiger partial charge in [-0.2, -0.15) is 5.26 Å². The molecule has 0 radical (unpaired) electrons. The van der Waals surface area contributed by atoms with Crippen molar-refractivity contribution >= 4 is 5.97 Å². The Labute approximate surface area is 73.3 Å². The molecule has 12 heavy (non-hydrogen) atoms. The summed E-state index contributed by atoms with van der Waals surface area (Å²) in [4.78, 5) is 10.7. The topological polar surface area (TPSA) is 50.1 Å². The van der Waals surface area contributed by atoms with Gasteiger partial charge in [0.1, 0.15) is 5.60 Å². The van der Waals surface area contributed by atoms with Crippen LogP contribution in [0.5, 0.6) is 0 Å². The van der Waals surface area contributed by atoms with Gasteiger partial charge in [-0.25, -0.2) is 0 Å². The summed E-state index contributed by atoms with van der Waals surface area (Å²) < 4.78 is 5.08. The van der Waals surface area contributed by atoms with Crippen molar-refractivity contribution in [2.24, 2.45) is 5.92 Å². The number of carbonyl (C=O) groups is 1. The molecule has 0 heterocycles. The highest BCUT2D eigenvalue weighted by Crippen LogP contribution is 2.24. The molecule has 68 valence electrons. The highest BCUT2D eigenvalue weighted by atomic mass is 16.6. The molecule has 0 aromatic rings. The normalized spacial score (nSPS) is 15.0. The van der Waals surface area contributed by atoms with Crippen LogP contribution in [0.2, 0.25) is 0 Å². The van der Waals surface area contributed by atoms with Crippen LogP contribution >= 0.6 is 0 Å². The fourth-order valence-electron chi connectivity index (χ4n) is 0.843. The number of nitrogens with zero attached hydrogens (tertiary/aromatic N) is 1. The van der Waals surface area contributed by atoms with E-state index in [-0.39, 0.29) is 18.3 Å². The van der Waals surface area contributed by atoms with Crippen LogP contribution in [0.15, 0.2) is 0 Å². The molecule has 3 heteroatoms. The standard InChI is InChI=1S/C9H15NO2/c1-7(2)9(4,5-6-10)12-8(3)11/h7H,5H2,1-4H3. The van der Waals surface area contributed by atoms with Crippen LogP contribution in [0, 0.1) is 17.2 Å². The Morgan fingerprint density at radius 1 is 1.67 bits per heavy atom. The molecule has 0 amide bonds. The monoisotopic (exact) mass is 169 g/mol. The molecule has 0 spiro atoms. The predicted molar refractivity (Wildman–Crippen MR) is 45.2 cm³/mol. The molecule has 0 aliphatic rings. The molecule has 0 N–H and O–H groups in total. The zero-order valence-corrected chi connectivity index (χ0v) is 8.05. The molecule has 0 saturated heterocycles. The van der Waals surface area contributed by atoms with Gasteiger partial charge in [0, 0.05) is 6.92 Å². The average molecular weight is 169 g/mol. The minimum atomic E-state index is -0.638. The van der Waals surface area contributed by atoms with Gasteiger partial charge in [0.25, 0.3) is 0 Å². The molecule has 1 unspecified atom stereocenters. The van der Waals surface area contributed by atoms with Crippen molar-refractivity contribution in [3.8, 4) is 6.07 Å². The maximum Gasteiger partial charge on any atom is 0.303 e. The summed E-state index contributed by atoms with van der Waals surface area (Å²) in [6.07, 6.45) is 0.240. The molecule has 0 aliphatic heterocycles. The van der Waals surface area contributed by atoms with Gasteiger partial charge in [0.15, 0.2) is 0 Å². The first-order valence-corrected chi connectivity index (χ1v) is 3.99. The summed E-state index contributed by atoms with van der Waals surface area (Å²) in [7, 11) is 0. The summed E-state index contributed by atoms with van der Waals surface area (Å²) >= 11 is 0. The summed E-state index contributed by atoms with van der Waals surface area (Å²) in [5.41, 5.74) is -0.638. The lowest BCUT2D eigenvalue weighted by Crippen LogP contribution is -2.36. The van der Waals surface area contributed by atoms with E-state index < -0.39 is 5.60 Å². The number of rotatable bonds is 3. The molecule has 0 fully saturated rings. The molecule has 3 nitrogen and oxygen atoms in total. The number of hydrogen-bond acceptors (Lipinski definition) is 3. The number of esters is 1. The van der Waals surface area contributed by atoms with Crippen LogP contribution in [-0.4, -0.2) is 11.6 Å². The second kappa shape index (κ2) is 4.10. The van der Waals surface area contributed by atoms with Gasteiger partial charge in [-0.3, -0.25) is 4.79 Å². The summed E-state index contributed by atoms with van der Waals surface area (Å²) in [5.74, 6) is -0.178. The molecule has 0 aliphatic carbocycles. The Morgan fingerprint density at radius 3 is 2.42 bits per heavy atom. The highest BCUT2D eigenvalue weighted by molar-refractivity contribution is 5.66. The number of nitriles is 1. The van der Waals surface area contributed by atoms with E-state index >= 15 is 0 Å². The van der Waals surface area contributed by atoms with E-state index in [9.17, 15) is 4.79 Å². The number of ether oxygens (including phenoxy) is 1. The smallest absolute Gasteiger partial charge is 0.303 e. The van der Waals surface area contributed by atoms with Crippen molar-refractivity contribution in [1.82, 2.24) is 0 Å². The zero-order valence-electron chi connectivity index (χ0n) is 8.05. The van der Waals surface area contributed by atoms with E-state index in [1.165, 1.54) is 6.92 Å². The third kappa shape index (κ3) is 2.91. The molecule has 0 bridgehead atoms. The Kier molecular flexibility index (Phi) is 3.75. The first kappa shape index (κ1) is 11.0. The third-order valence-corrected chi connectivity index (χ3v) is 2.03. The van der Waals surface area contributed by atoms with Gasteiger partial charge in [-0.1, -0.05) is 13.8 Å². The van der Waals surface area contributed by atoms with E-state index in [2.05, 4.69) is 0 Å². The zero-order chi connectivity index (χ0) is 9.78. The molecular formula is C9H15NO2. The van der Waals surface area contributed by atoms with Crippen LogP contribution in [0.1, 0.15) is 34.1 Å². The van der Waals surface area contributed by atoms with Crippen molar-refractivity contribution in [3.63, 3.8) is 0 Å². The lowest BCUT2D eigenvalue weighted by molar-refractivity contribution is -0.159. The number of hydrogen-bond donors (Lipinski definition) is 0. The minimum absolute atomic E-state index is 0.154. The molecular weight excluding hydrogens is 154 g/mol. The van der Waals surface area contributed by atoms with Crippen molar-refractivity contribution in [3.05, 3.63) is 0 Å². The van der Waals surface area contributed by atoms with Crippen LogP contribution in [0.3, 0.4) is 0 Å². The maximum absolute atomic E-state index is 10.7. The van der Waals surface area contributed by atoms with Crippen molar-refractivity contribution in [2.45, 2.75) is 39.7 Å². The fraction of sp³-hybridized carbons (Fsp3) is 0.778. The van der Waals surface area contributed by atoms with E-state index in [1.54, 1.807) is 6.92 Å². The molecule has 0 aromatic carbocycles. The first-order chi connectivity index (χ1) is 5.42. The van der Waals surface area contributed by atoms with Crippen LogP contribution in [0.4, 0.5) is 0 Å². The van der Waals surface area contributed by atoms with Crippen molar-refractivity contribution in [2.75, 3.05) is 0 Å². The lowest BCUT2D eigenvalue weighted by Gasteiger charge is -2.30. The van der Waals surface area contributed by atoms with Gasteiger partial charge in [0.05, 0.1) is 12.5 Å². The maximum atomic E-state index is 10.7. The SMILES string of the molecule is CC(=O)OC(C)(CC#N)C(C)C. The lowest BCUT2D eigenvalue weighted by atomic mass is 9.89. The van der Waals surface area contributed by atoms with Gasteiger partial charge in [0.2, 0.25) is 0 Å². The summed E-state index contributed by atoms with van der Waals surface area (Å²) in [6.45, 7) is 7.00. The van der Waals surface area contributed by atoms with Gasteiger partial charge >= 0.3 is 5.97 Å². The van der Waals surface area contributed by atoms with Gasteiger partial charge in [-0.15, -0.1) is 0 Å². The Hall–Kier alpha value is -1.04. The molecule has 0 rings (SSSR count). The second-order valence-electron chi connectivity index (χ2n) is 3.40. The van der Waals surface area contributed by atoms with Gasteiger partial charge in [-0.05, 0) is 12.8 Å². The minimum Gasteiger partial charge on any atom is -0.458 e. The quantitative estimate of drug-likeness (QED) is 0.606. The van der Waals surface area contributed by atoms with Crippen molar-refractivity contribution < 1.29 is 9.53 Å². The van der Waals surface area contributed by atoms with E-state index in [1.807, 2.05) is 19.9 Å². The molecule has 0 saturated carbocycles. The van der Waals surface area contributed by atoms with Gasteiger partial charge < -0.3 is 4.74 Å². The fourth-order valence-corrected chi connectivity index (χ4v) is 0.843. The summed E-state index contributed by atoms with van der Waals surface area (Å²) in [6, 6.07) is 2.02. The third-order valence-electron chi connectivity index (χ3n) is 2.03. The Bertz CT molecular complexity index is 205. The average Bonchev–Trinajstić information content (AvgIpc) is 1.85. The van der Waals surface area contributed by atoms with Crippen LogP contribution in [-0.2, 0) is 9.53 Å². The van der Waals surface area contributed by atoms with E-state index in [4.69, 9.17) is 10.00 Å². The van der Waals surface area contributed by atoms with E-state index in [0.717, 1.165) is 0 Å². The van der Waals surface area contributed by atoms with Crippen LogP contribution in [0.25, 0.3) is 0 Å². The Balaban J connectivity index is 4.41. The highest BCUT2D eigenvalue weighted by Gasteiger charge is 2.31. The first-order valence-electron chi connectivity index (χ1n) is 3.99. The van der Waals surface area contributed by atoms with E-state index in [0.29, 0.717) is 0 Å². The van der Waals surface area contributed by atoms with Crippen LogP contribution < -0.4 is 0 Å². The summed E-state index contributed by atoms with van der Waals surface area (Å²) in [5, 5.41) is 8.52. The number of carbonyl (C=O) groups excluding carboxylic acids is 1. The molecule has 0 aromatic heterocycles. The largest absolute Gasteiger partial charge is 0.458 e.